The monoisotopic (exact) mass is 274 g/mol. The second-order valence-corrected chi connectivity index (χ2v) is 3.44. The number of benzene rings is 1. The van der Waals surface area contributed by atoms with Gasteiger partial charge in [0.05, 0.1) is 13.2 Å². The Morgan fingerprint density at radius 3 is 2.44 bits per heavy atom. The lowest BCUT2D eigenvalue weighted by atomic mass is 10.3. The van der Waals surface area contributed by atoms with Crippen LogP contribution in [0.25, 0.3) is 0 Å². The quantitative estimate of drug-likeness (QED) is 0.736. The molecule has 0 saturated heterocycles. The van der Waals surface area contributed by atoms with Crippen LogP contribution in [-0.2, 0) is 9.53 Å². The van der Waals surface area contributed by atoms with Crippen molar-refractivity contribution >= 4 is 24.0 Å². The van der Waals surface area contributed by atoms with Crippen LogP contribution in [0.3, 0.4) is 0 Å². The zero-order chi connectivity index (χ0) is 12.5. The van der Waals surface area contributed by atoms with Crippen molar-refractivity contribution in [3.8, 4) is 5.75 Å². The number of carbonyl (C=O) groups excluding carboxylic acids is 1. The first-order valence-electron chi connectivity index (χ1n) is 5.42. The standard InChI is InChI=1S/C12H18N2O3.ClH/c1-13-9-12(15)14-10-3-5-11(6-4-10)17-8-7-16-2;/h3-6,13H,7-9H2,1-2H3,(H,14,15);1H. The molecule has 0 radical (unpaired) electrons. The smallest absolute Gasteiger partial charge is 0.238 e. The van der Waals surface area contributed by atoms with Crippen molar-refractivity contribution in [3.05, 3.63) is 24.3 Å². The number of ether oxygens (including phenoxy) is 2. The molecule has 0 atom stereocenters. The molecule has 1 rings (SSSR count). The number of hydrogen-bond acceptors (Lipinski definition) is 4. The van der Waals surface area contributed by atoms with Gasteiger partial charge in [-0.05, 0) is 31.3 Å². The number of rotatable bonds is 7. The van der Waals surface area contributed by atoms with E-state index in [2.05, 4.69) is 10.6 Å². The van der Waals surface area contributed by atoms with E-state index in [0.29, 0.717) is 19.8 Å². The highest BCUT2D eigenvalue weighted by atomic mass is 35.5. The first-order valence-corrected chi connectivity index (χ1v) is 5.42. The van der Waals surface area contributed by atoms with Gasteiger partial charge in [-0.1, -0.05) is 0 Å². The molecule has 0 aliphatic heterocycles. The first-order chi connectivity index (χ1) is 8.26. The SMILES string of the molecule is CNCC(=O)Nc1ccc(OCCOC)cc1.Cl. The number of nitrogens with one attached hydrogen (secondary N) is 2. The van der Waals surface area contributed by atoms with Gasteiger partial charge in [-0.2, -0.15) is 0 Å². The summed E-state index contributed by atoms with van der Waals surface area (Å²) in [5, 5.41) is 5.54. The minimum Gasteiger partial charge on any atom is -0.491 e. The number of amides is 1. The second-order valence-electron chi connectivity index (χ2n) is 3.44. The summed E-state index contributed by atoms with van der Waals surface area (Å²) < 4.78 is 10.3. The van der Waals surface area contributed by atoms with Crippen LogP contribution < -0.4 is 15.4 Å². The second kappa shape index (κ2) is 9.70. The van der Waals surface area contributed by atoms with Crippen LogP contribution in [0, 0.1) is 0 Å². The van der Waals surface area contributed by atoms with Gasteiger partial charge in [0.15, 0.2) is 0 Å². The van der Waals surface area contributed by atoms with Gasteiger partial charge in [0.2, 0.25) is 5.91 Å². The zero-order valence-corrected chi connectivity index (χ0v) is 11.4. The molecule has 0 fully saturated rings. The van der Waals surface area contributed by atoms with E-state index in [9.17, 15) is 4.79 Å². The van der Waals surface area contributed by atoms with Crippen molar-refractivity contribution in [1.29, 1.82) is 0 Å². The van der Waals surface area contributed by atoms with E-state index in [1.165, 1.54) is 0 Å². The van der Waals surface area contributed by atoms with E-state index < -0.39 is 0 Å². The maximum Gasteiger partial charge on any atom is 0.238 e. The Morgan fingerprint density at radius 2 is 1.89 bits per heavy atom. The van der Waals surface area contributed by atoms with E-state index in [4.69, 9.17) is 9.47 Å². The summed E-state index contributed by atoms with van der Waals surface area (Å²) in [7, 11) is 3.36. The van der Waals surface area contributed by atoms with Gasteiger partial charge < -0.3 is 20.1 Å². The predicted octanol–water partition coefficient (Wildman–Crippen LogP) is 1.29. The third-order valence-corrected chi connectivity index (χ3v) is 2.03. The molecule has 1 aromatic rings. The van der Waals surface area contributed by atoms with E-state index in [1.807, 2.05) is 12.1 Å². The first kappa shape index (κ1) is 16.7. The lowest BCUT2D eigenvalue weighted by molar-refractivity contribution is -0.115. The summed E-state index contributed by atoms with van der Waals surface area (Å²) >= 11 is 0. The fraction of sp³-hybridized carbons (Fsp3) is 0.417. The van der Waals surface area contributed by atoms with Crippen LogP contribution in [-0.4, -0.2) is 39.8 Å². The molecule has 0 spiro atoms. The highest BCUT2D eigenvalue weighted by Gasteiger charge is 2.00. The Labute approximate surface area is 113 Å². The van der Waals surface area contributed by atoms with Gasteiger partial charge in [-0.25, -0.2) is 0 Å². The number of likely N-dealkylation sites (N-methyl/N-ethyl adjacent to an activating group) is 1. The largest absolute Gasteiger partial charge is 0.491 e. The van der Waals surface area contributed by atoms with Gasteiger partial charge >= 0.3 is 0 Å². The van der Waals surface area contributed by atoms with E-state index >= 15 is 0 Å². The summed E-state index contributed by atoms with van der Waals surface area (Å²) in [5.74, 6) is 0.689. The number of hydrogen-bond donors (Lipinski definition) is 2. The fourth-order valence-corrected chi connectivity index (χ4v) is 1.24. The van der Waals surface area contributed by atoms with Crippen LogP contribution in [0.4, 0.5) is 5.69 Å². The minimum absolute atomic E-state index is 0. The van der Waals surface area contributed by atoms with Crippen LogP contribution >= 0.6 is 12.4 Å². The molecular weight excluding hydrogens is 256 g/mol. The van der Waals surface area contributed by atoms with Crippen molar-refractivity contribution in [2.24, 2.45) is 0 Å². The molecule has 102 valence electrons. The topological polar surface area (TPSA) is 59.6 Å². The maximum absolute atomic E-state index is 11.3. The van der Waals surface area contributed by atoms with Crippen molar-refractivity contribution in [1.82, 2.24) is 5.32 Å². The number of halogens is 1. The Bertz CT molecular complexity index is 344. The lowest BCUT2D eigenvalue weighted by Crippen LogP contribution is -2.24. The average molecular weight is 275 g/mol. The highest BCUT2D eigenvalue weighted by molar-refractivity contribution is 5.92. The molecule has 0 aliphatic rings. The third kappa shape index (κ3) is 6.44. The third-order valence-electron chi connectivity index (χ3n) is 2.03. The zero-order valence-electron chi connectivity index (χ0n) is 10.6. The van der Waals surface area contributed by atoms with Crippen molar-refractivity contribution in [3.63, 3.8) is 0 Å². The Hall–Kier alpha value is -1.30. The lowest BCUT2D eigenvalue weighted by Gasteiger charge is -2.07. The number of carbonyl (C=O) groups is 1. The molecular formula is C12H19ClN2O3. The molecule has 0 aromatic heterocycles. The van der Waals surface area contributed by atoms with Gasteiger partial charge in [0, 0.05) is 12.8 Å². The van der Waals surface area contributed by atoms with Crippen LogP contribution in [0.2, 0.25) is 0 Å². The summed E-state index contributed by atoms with van der Waals surface area (Å²) in [6.07, 6.45) is 0. The van der Waals surface area contributed by atoms with Crippen molar-refractivity contribution < 1.29 is 14.3 Å². The molecule has 5 nitrogen and oxygen atoms in total. The Morgan fingerprint density at radius 1 is 1.22 bits per heavy atom. The minimum atomic E-state index is -0.0689. The highest BCUT2D eigenvalue weighted by Crippen LogP contribution is 2.15. The number of methoxy groups -OCH3 is 1. The van der Waals surface area contributed by atoms with Crippen LogP contribution in [0.5, 0.6) is 5.75 Å². The molecule has 0 bridgehead atoms. The molecule has 0 aliphatic carbocycles. The summed E-state index contributed by atoms with van der Waals surface area (Å²) in [5.41, 5.74) is 0.754. The normalized spacial score (nSPS) is 9.44. The van der Waals surface area contributed by atoms with Crippen LogP contribution in [0.1, 0.15) is 0 Å². The molecule has 6 heteroatoms. The van der Waals surface area contributed by atoms with E-state index in [-0.39, 0.29) is 18.3 Å². The van der Waals surface area contributed by atoms with E-state index in [1.54, 1.807) is 26.3 Å². The molecule has 18 heavy (non-hydrogen) atoms. The van der Waals surface area contributed by atoms with Crippen molar-refractivity contribution in [2.45, 2.75) is 0 Å². The summed E-state index contributed by atoms with van der Waals surface area (Å²) in [6, 6.07) is 7.22. The van der Waals surface area contributed by atoms with Gasteiger partial charge in [-0.15, -0.1) is 12.4 Å². The van der Waals surface area contributed by atoms with Gasteiger partial charge in [0.25, 0.3) is 0 Å². The summed E-state index contributed by atoms with van der Waals surface area (Å²) in [4.78, 5) is 11.3. The molecule has 2 N–H and O–H groups in total. The summed E-state index contributed by atoms with van der Waals surface area (Å²) in [6.45, 7) is 1.37. The van der Waals surface area contributed by atoms with Crippen LogP contribution in [0.15, 0.2) is 24.3 Å². The number of anilines is 1. The van der Waals surface area contributed by atoms with E-state index in [0.717, 1.165) is 11.4 Å². The Balaban J connectivity index is 0.00000289. The fourth-order valence-electron chi connectivity index (χ4n) is 1.24. The average Bonchev–Trinajstić information content (AvgIpc) is 2.32. The molecule has 1 aromatic carbocycles. The molecule has 1 amide bonds. The molecule has 0 unspecified atom stereocenters. The predicted molar refractivity (Wildman–Crippen MR) is 73.6 cm³/mol. The van der Waals surface area contributed by atoms with Gasteiger partial charge in [-0.3, -0.25) is 4.79 Å². The Kier molecular flexibility index (Phi) is 9.00. The van der Waals surface area contributed by atoms with Crippen molar-refractivity contribution in [2.75, 3.05) is 39.2 Å². The van der Waals surface area contributed by atoms with Gasteiger partial charge in [0.1, 0.15) is 12.4 Å². The maximum atomic E-state index is 11.3. The molecule has 0 heterocycles. The molecule has 0 saturated carbocycles.